The van der Waals surface area contributed by atoms with Gasteiger partial charge in [-0.05, 0) is 25.7 Å². The van der Waals surface area contributed by atoms with Crippen molar-refractivity contribution >= 4 is 5.82 Å². The highest BCUT2D eigenvalue weighted by Gasteiger charge is 2.25. The topological polar surface area (TPSA) is 49.2 Å². The van der Waals surface area contributed by atoms with E-state index in [4.69, 9.17) is 9.97 Å². The molecule has 1 saturated carbocycles. The molecule has 0 saturated heterocycles. The van der Waals surface area contributed by atoms with Gasteiger partial charge in [-0.15, -0.1) is 0 Å². The second-order valence-electron chi connectivity index (χ2n) is 7.72. The van der Waals surface area contributed by atoms with Crippen LogP contribution in [0.4, 0.5) is 5.82 Å². The van der Waals surface area contributed by atoms with E-state index < -0.39 is 0 Å². The number of hydrogen-bond acceptors (Lipinski definition) is 4. The molecule has 3 aromatic rings. The van der Waals surface area contributed by atoms with Gasteiger partial charge in [-0.2, -0.15) is 0 Å². The van der Waals surface area contributed by atoms with Crippen molar-refractivity contribution in [3.8, 4) is 22.5 Å². The minimum atomic E-state index is 0.242. The Hall–Kier alpha value is -2.72. The van der Waals surface area contributed by atoms with E-state index in [1.54, 1.807) is 0 Å². The summed E-state index contributed by atoms with van der Waals surface area (Å²) >= 11 is 0. The largest absolute Gasteiger partial charge is 0.396 e. The van der Waals surface area contributed by atoms with Gasteiger partial charge < -0.3 is 10.0 Å². The van der Waals surface area contributed by atoms with Crippen LogP contribution in [-0.2, 0) is 0 Å². The minimum Gasteiger partial charge on any atom is -0.396 e. The highest BCUT2D eigenvalue weighted by atomic mass is 16.2. The first kappa shape index (κ1) is 19.6. The highest BCUT2D eigenvalue weighted by molar-refractivity contribution is 5.78. The molecule has 0 bridgehead atoms. The summed E-state index contributed by atoms with van der Waals surface area (Å²) in [6.45, 7) is 1.16. The van der Waals surface area contributed by atoms with Crippen LogP contribution in [0.5, 0.6) is 0 Å². The second-order valence-corrected chi connectivity index (χ2v) is 7.72. The van der Waals surface area contributed by atoms with Gasteiger partial charge >= 0.3 is 0 Å². The molecule has 4 heteroatoms. The molecule has 1 fully saturated rings. The molecule has 1 aliphatic carbocycles. The molecule has 1 aliphatic rings. The van der Waals surface area contributed by atoms with Crippen LogP contribution in [0.1, 0.15) is 38.5 Å². The van der Waals surface area contributed by atoms with E-state index in [-0.39, 0.29) is 6.61 Å². The number of aromatic nitrogens is 2. The van der Waals surface area contributed by atoms with Crippen LogP contribution < -0.4 is 4.90 Å². The van der Waals surface area contributed by atoms with Crippen molar-refractivity contribution in [1.82, 2.24) is 9.97 Å². The Morgan fingerprint density at radius 3 is 2.07 bits per heavy atom. The average molecular weight is 388 g/mol. The normalized spacial score (nSPS) is 14.2. The molecule has 29 heavy (non-hydrogen) atoms. The fraction of sp³-hybridized carbons (Fsp3) is 0.360. The summed E-state index contributed by atoms with van der Waals surface area (Å²) in [4.78, 5) is 12.5. The van der Waals surface area contributed by atoms with Crippen molar-refractivity contribution < 1.29 is 5.11 Å². The lowest BCUT2D eigenvalue weighted by Gasteiger charge is -2.30. The highest BCUT2D eigenvalue weighted by Crippen LogP contribution is 2.33. The van der Waals surface area contributed by atoms with E-state index in [0.717, 1.165) is 47.7 Å². The molecular formula is C25H29N3O. The molecule has 0 aliphatic heterocycles. The summed E-state index contributed by atoms with van der Waals surface area (Å²) in [7, 11) is 0. The molecule has 1 N–H and O–H groups in total. The fourth-order valence-corrected chi connectivity index (χ4v) is 4.22. The molecule has 1 heterocycles. The molecule has 4 nitrogen and oxygen atoms in total. The summed E-state index contributed by atoms with van der Waals surface area (Å²) in [6.07, 6.45) is 8.71. The maximum atomic E-state index is 9.22. The zero-order chi connectivity index (χ0) is 19.9. The zero-order valence-corrected chi connectivity index (χ0v) is 16.9. The molecule has 0 amide bonds. The number of aliphatic hydroxyl groups is 1. The maximum absolute atomic E-state index is 9.22. The molecule has 2 aromatic carbocycles. The monoisotopic (exact) mass is 387 g/mol. The number of anilines is 1. The van der Waals surface area contributed by atoms with Gasteiger partial charge in [0.05, 0.1) is 17.6 Å². The van der Waals surface area contributed by atoms with Crippen LogP contribution in [-0.4, -0.2) is 34.3 Å². The van der Waals surface area contributed by atoms with Crippen molar-refractivity contribution in [3.05, 3.63) is 66.9 Å². The van der Waals surface area contributed by atoms with Crippen LogP contribution in [0, 0.1) is 0 Å². The Balaban J connectivity index is 1.75. The third kappa shape index (κ3) is 4.65. The number of rotatable bonds is 8. The van der Waals surface area contributed by atoms with Gasteiger partial charge in [-0.3, -0.25) is 4.98 Å². The lowest BCUT2D eigenvalue weighted by atomic mass is 10.0. The van der Waals surface area contributed by atoms with Gasteiger partial charge in [-0.1, -0.05) is 73.5 Å². The Morgan fingerprint density at radius 1 is 0.828 bits per heavy atom. The summed E-state index contributed by atoms with van der Waals surface area (Å²) in [6, 6.07) is 21.1. The predicted molar refractivity (Wildman–Crippen MR) is 119 cm³/mol. The molecule has 4 rings (SSSR count). The fourth-order valence-electron chi connectivity index (χ4n) is 4.22. The summed E-state index contributed by atoms with van der Waals surface area (Å²) in [5.41, 5.74) is 4.02. The molecule has 150 valence electrons. The van der Waals surface area contributed by atoms with Crippen molar-refractivity contribution in [1.29, 1.82) is 0 Å². The van der Waals surface area contributed by atoms with Gasteiger partial charge in [-0.25, -0.2) is 4.98 Å². The Kier molecular flexibility index (Phi) is 6.52. The van der Waals surface area contributed by atoms with Crippen molar-refractivity contribution in [2.24, 2.45) is 0 Å². The summed E-state index contributed by atoms with van der Waals surface area (Å²) in [5.74, 6) is 0.952. The lowest BCUT2D eigenvalue weighted by molar-refractivity contribution is 0.284. The number of aliphatic hydroxyl groups excluding tert-OH is 1. The van der Waals surface area contributed by atoms with E-state index in [0.29, 0.717) is 6.04 Å². The molecular weight excluding hydrogens is 358 g/mol. The SMILES string of the molecule is OCCCCN(c1cnc(-c2ccccc2)c(-c2ccccc2)n1)C1CCCC1. The van der Waals surface area contributed by atoms with Crippen LogP contribution >= 0.6 is 0 Å². The maximum Gasteiger partial charge on any atom is 0.148 e. The molecule has 0 radical (unpaired) electrons. The summed E-state index contributed by atoms with van der Waals surface area (Å²) in [5, 5.41) is 9.22. The number of hydrogen-bond donors (Lipinski definition) is 1. The van der Waals surface area contributed by atoms with Gasteiger partial charge in [0.25, 0.3) is 0 Å². The van der Waals surface area contributed by atoms with Crippen LogP contribution in [0.25, 0.3) is 22.5 Å². The second kappa shape index (κ2) is 9.66. The van der Waals surface area contributed by atoms with Gasteiger partial charge in [0.2, 0.25) is 0 Å². The van der Waals surface area contributed by atoms with E-state index >= 15 is 0 Å². The third-order valence-electron chi connectivity index (χ3n) is 5.72. The number of unbranched alkanes of at least 4 members (excludes halogenated alkanes) is 1. The standard InChI is InChI=1S/C25H29N3O/c29-18-10-9-17-28(22-15-7-8-16-22)23-19-26-24(20-11-3-1-4-12-20)25(27-23)21-13-5-2-6-14-21/h1-6,11-14,19,22,29H,7-10,15-18H2. The number of benzene rings is 2. The average Bonchev–Trinajstić information content (AvgIpc) is 3.32. The van der Waals surface area contributed by atoms with Crippen molar-refractivity contribution in [2.75, 3.05) is 18.1 Å². The quantitative estimate of drug-likeness (QED) is 0.531. The first-order chi connectivity index (χ1) is 14.4. The molecule has 0 atom stereocenters. The van der Waals surface area contributed by atoms with Crippen molar-refractivity contribution in [2.45, 2.75) is 44.6 Å². The minimum absolute atomic E-state index is 0.242. The smallest absolute Gasteiger partial charge is 0.148 e. The van der Waals surface area contributed by atoms with Crippen LogP contribution in [0.15, 0.2) is 66.9 Å². The van der Waals surface area contributed by atoms with E-state index in [1.807, 2.05) is 30.5 Å². The van der Waals surface area contributed by atoms with Gasteiger partial charge in [0, 0.05) is 30.3 Å². The first-order valence-corrected chi connectivity index (χ1v) is 10.7. The van der Waals surface area contributed by atoms with Gasteiger partial charge in [0.15, 0.2) is 0 Å². The van der Waals surface area contributed by atoms with E-state index in [2.05, 4.69) is 41.3 Å². The first-order valence-electron chi connectivity index (χ1n) is 10.7. The molecule has 0 spiro atoms. The Labute approximate surface area is 173 Å². The Morgan fingerprint density at radius 2 is 1.45 bits per heavy atom. The lowest BCUT2D eigenvalue weighted by Crippen LogP contribution is -2.35. The predicted octanol–water partition coefficient (Wildman–Crippen LogP) is 5.33. The number of nitrogens with zero attached hydrogens (tertiary/aromatic N) is 3. The zero-order valence-electron chi connectivity index (χ0n) is 16.9. The van der Waals surface area contributed by atoms with E-state index in [1.165, 1.54) is 25.7 Å². The summed E-state index contributed by atoms with van der Waals surface area (Å²) < 4.78 is 0. The Bertz CT molecular complexity index is 892. The van der Waals surface area contributed by atoms with Crippen LogP contribution in [0.3, 0.4) is 0 Å². The van der Waals surface area contributed by atoms with Crippen LogP contribution in [0.2, 0.25) is 0 Å². The molecule has 0 unspecified atom stereocenters. The third-order valence-corrected chi connectivity index (χ3v) is 5.72. The van der Waals surface area contributed by atoms with Gasteiger partial charge in [0.1, 0.15) is 5.82 Å². The van der Waals surface area contributed by atoms with E-state index in [9.17, 15) is 5.11 Å². The molecule has 1 aromatic heterocycles. The van der Waals surface area contributed by atoms with Crippen molar-refractivity contribution in [3.63, 3.8) is 0 Å².